The summed E-state index contributed by atoms with van der Waals surface area (Å²) in [5.74, 6) is -0.725. The number of hydrogen-bond donors (Lipinski definition) is 2. The Hall–Kier alpha value is -2.45. The molecule has 0 radical (unpaired) electrons. The van der Waals surface area contributed by atoms with E-state index in [-0.39, 0.29) is 42.6 Å². The second-order valence-electron chi connectivity index (χ2n) is 9.46. The number of fused-ring (bicyclic) bond motifs is 2. The van der Waals surface area contributed by atoms with Crippen LogP contribution in [0.2, 0.25) is 0 Å². The molecule has 9 heteroatoms. The zero-order valence-electron chi connectivity index (χ0n) is 18.3. The number of anilines is 1. The highest BCUT2D eigenvalue weighted by molar-refractivity contribution is 6.22. The third-order valence-corrected chi connectivity index (χ3v) is 7.71. The minimum atomic E-state index is -0.713. The lowest BCUT2D eigenvalue weighted by Gasteiger charge is -2.30. The fourth-order valence-corrected chi connectivity index (χ4v) is 5.97. The van der Waals surface area contributed by atoms with E-state index in [4.69, 9.17) is 16.3 Å². The first-order valence-corrected chi connectivity index (χ1v) is 12.2. The second-order valence-corrected chi connectivity index (χ2v) is 10.0. The average Bonchev–Trinajstić information content (AvgIpc) is 3.50. The number of hydrogen-bond acceptors (Lipinski definition) is 5. The number of carbonyl (C=O) groups excluding carboxylic acids is 4. The molecule has 4 atom stereocenters. The first-order chi connectivity index (χ1) is 15.9. The van der Waals surface area contributed by atoms with Crippen LogP contribution >= 0.6 is 11.6 Å². The molecule has 33 heavy (non-hydrogen) atoms. The number of likely N-dealkylation sites (tertiary alicyclic amines) is 1. The smallest absolute Gasteiger partial charge is 0.251 e. The number of amides is 3. The van der Waals surface area contributed by atoms with Crippen LogP contribution in [0.4, 0.5) is 5.69 Å². The molecule has 3 fully saturated rings. The molecule has 3 amide bonds. The lowest BCUT2D eigenvalue weighted by atomic mass is 9.95. The predicted molar refractivity (Wildman–Crippen MR) is 121 cm³/mol. The minimum Gasteiger partial charge on any atom is -0.366 e. The number of rotatable bonds is 4. The first-order valence-electron chi connectivity index (χ1n) is 11.7. The standard InChI is InChI=1S/C24H28ClN3O5/c25-16-11-28(21-18(29)12-33-22(16)21)24(32)20(13-4-1-2-5-13)27-23(31)15-8-9-17-14(10-15)6-3-7-19(30)26-17/h8-10,13,16,20-22H,1-7,11-12H2,(H,26,30)(H,27,31)/t16-,20-,21+,22+/m0/s1. The molecule has 2 N–H and O–H groups in total. The Morgan fingerprint density at radius 3 is 2.73 bits per heavy atom. The van der Waals surface area contributed by atoms with E-state index in [2.05, 4.69) is 10.6 Å². The van der Waals surface area contributed by atoms with Crippen LogP contribution in [0.1, 0.15) is 54.4 Å². The first kappa shape index (κ1) is 22.3. The number of nitrogens with zero attached hydrogens (tertiary/aromatic N) is 1. The molecule has 1 aromatic rings. The average molecular weight is 474 g/mol. The maximum absolute atomic E-state index is 13.6. The number of ether oxygens (including phenoxy) is 1. The van der Waals surface area contributed by atoms with Gasteiger partial charge < -0.3 is 20.3 Å². The molecule has 1 aromatic carbocycles. The fourth-order valence-electron chi connectivity index (χ4n) is 5.61. The van der Waals surface area contributed by atoms with E-state index in [9.17, 15) is 19.2 Å². The SMILES string of the molecule is O=C1CCCc2cc(C(=O)N[C@H](C(=O)N3C[C@H](Cl)[C@H]4OCC(=O)[C@H]43)C3CCCC3)ccc2N1. The molecule has 5 rings (SSSR count). The summed E-state index contributed by atoms with van der Waals surface area (Å²) >= 11 is 6.39. The zero-order chi connectivity index (χ0) is 23.1. The summed E-state index contributed by atoms with van der Waals surface area (Å²) in [7, 11) is 0. The van der Waals surface area contributed by atoms with Crippen LogP contribution in [0, 0.1) is 5.92 Å². The summed E-state index contributed by atoms with van der Waals surface area (Å²) in [4.78, 5) is 52.6. The summed E-state index contributed by atoms with van der Waals surface area (Å²) in [6.07, 6.45) is 5.12. The Morgan fingerprint density at radius 1 is 1.15 bits per heavy atom. The molecular formula is C24H28ClN3O5. The largest absolute Gasteiger partial charge is 0.366 e. The van der Waals surface area contributed by atoms with Crippen molar-refractivity contribution in [2.45, 2.75) is 68.5 Å². The Morgan fingerprint density at radius 2 is 1.94 bits per heavy atom. The van der Waals surface area contributed by atoms with Crippen LogP contribution in [0.15, 0.2) is 18.2 Å². The monoisotopic (exact) mass is 473 g/mol. The van der Waals surface area contributed by atoms with Crippen LogP contribution < -0.4 is 10.6 Å². The lowest BCUT2D eigenvalue weighted by molar-refractivity contribution is -0.139. The molecule has 0 aromatic heterocycles. The molecular weight excluding hydrogens is 446 g/mol. The van der Waals surface area contributed by atoms with E-state index < -0.39 is 23.6 Å². The van der Waals surface area contributed by atoms with Crippen molar-refractivity contribution in [3.63, 3.8) is 0 Å². The number of ketones is 1. The number of nitrogens with one attached hydrogen (secondary N) is 2. The molecule has 2 saturated heterocycles. The third kappa shape index (κ3) is 4.26. The van der Waals surface area contributed by atoms with Gasteiger partial charge in [-0.15, -0.1) is 11.6 Å². The Kier molecular flexibility index (Phi) is 6.14. The predicted octanol–water partition coefficient (Wildman–Crippen LogP) is 2.04. The normalized spacial score (nSPS) is 28.2. The van der Waals surface area contributed by atoms with Gasteiger partial charge in [-0.1, -0.05) is 12.8 Å². The summed E-state index contributed by atoms with van der Waals surface area (Å²) in [5, 5.41) is 5.41. The zero-order valence-corrected chi connectivity index (χ0v) is 19.1. The van der Waals surface area contributed by atoms with Gasteiger partial charge in [-0.25, -0.2) is 0 Å². The van der Waals surface area contributed by atoms with Gasteiger partial charge >= 0.3 is 0 Å². The number of aryl methyl sites for hydroxylation is 1. The quantitative estimate of drug-likeness (QED) is 0.651. The Balaban J connectivity index is 1.37. The van der Waals surface area contributed by atoms with Gasteiger partial charge in [-0.2, -0.15) is 0 Å². The summed E-state index contributed by atoms with van der Waals surface area (Å²) in [6.45, 7) is 0.202. The molecule has 176 valence electrons. The molecule has 1 saturated carbocycles. The van der Waals surface area contributed by atoms with Crippen molar-refractivity contribution in [2.75, 3.05) is 18.5 Å². The van der Waals surface area contributed by atoms with Gasteiger partial charge in [0.25, 0.3) is 5.91 Å². The van der Waals surface area contributed by atoms with E-state index in [1.165, 1.54) is 4.90 Å². The molecule has 1 aliphatic carbocycles. The summed E-state index contributed by atoms with van der Waals surface area (Å²) < 4.78 is 5.52. The van der Waals surface area contributed by atoms with Gasteiger partial charge in [-0.3, -0.25) is 19.2 Å². The van der Waals surface area contributed by atoms with Gasteiger partial charge in [-0.05, 0) is 55.4 Å². The van der Waals surface area contributed by atoms with E-state index in [0.717, 1.165) is 43.4 Å². The number of halogens is 1. The third-order valence-electron chi connectivity index (χ3n) is 7.32. The van der Waals surface area contributed by atoms with Crippen molar-refractivity contribution in [1.29, 1.82) is 0 Å². The molecule has 4 aliphatic rings. The van der Waals surface area contributed by atoms with Crippen molar-refractivity contribution in [3.05, 3.63) is 29.3 Å². The maximum Gasteiger partial charge on any atom is 0.251 e. The van der Waals surface area contributed by atoms with E-state index in [0.29, 0.717) is 18.4 Å². The second kappa shape index (κ2) is 9.06. The lowest BCUT2D eigenvalue weighted by Crippen LogP contribution is -2.54. The highest BCUT2D eigenvalue weighted by atomic mass is 35.5. The van der Waals surface area contributed by atoms with Crippen molar-refractivity contribution in [2.24, 2.45) is 5.92 Å². The van der Waals surface area contributed by atoms with Crippen molar-refractivity contribution >= 4 is 40.8 Å². The topological polar surface area (TPSA) is 105 Å². The molecule has 0 unspecified atom stereocenters. The Labute approximate surface area is 197 Å². The fraction of sp³-hybridized carbons (Fsp3) is 0.583. The van der Waals surface area contributed by atoms with Crippen LogP contribution in [-0.4, -0.2) is 65.1 Å². The molecule has 8 nitrogen and oxygen atoms in total. The number of alkyl halides is 1. The highest BCUT2D eigenvalue weighted by Gasteiger charge is 2.53. The van der Waals surface area contributed by atoms with Crippen molar-refractivity contribution in [1.82, 2.24) is 10.2 Å². The number of Topliss-reactive ketones (excluding diaryl/α,β-unsaturated/α-hetero) is 1. The van der Waals surface area contributed by atoms with E-state index in [1.807, 2.05) is 0 Å². The van der Waals surface area contributed by atoms with Gasteiger partial charge in [0.15, 0.2) is 5.78 Å². The van der Waals surface area contributed by atoms with Gasteiger partial charge in [0.2, 0.25) is 11.8 Å². The summed E-state index contributed by atoms with van der Waals surface area (Å²) in [6, 6.07) is 3.83. The van der Waals surface area contributed by atoms with Crippen LogP contribution in [-0.2, 0) is 25.5 Å². The van der Waals surface area contributed by atoms with Crippen molar-refractivity contribution in [3.8, 4) is 0 Å². The van der Waals surface area contributed by atoms with E-state index >= 15 is 0 Å². The van der Waals surface area contributed by atoms with Crippen LogP contribution in [0.3, 0.4) is 0 Å². The maximum atomic E-state index is 13.6. The Bertz CT molecular complexity index is 992. The van der Waals surface area contributed by atoms with Crippen LogP contribution in [0.25, 0.3) is 0 Å². The van der Waals surface area contributed by atoms with Crippen LogP contribution in [0.5, 0.6) is 0 Å². The van der Waals surface area contributed by atoms with Gasteiger partial charge in [0.05, 0.1) is 5.38 Å². The van der Waals surface area contributed by atoms with Gasteiger partial charge in [0, 0.05) is 24.2 Å². The highest BCUT2D eigenvalue weighted by Crippen LogP contribution is 2.34. The molecule has 3 aliphatic heterocycles. The van der Waals surface area contributed by atoms with Crippen molar-refractivity contribution < 1.29 is 23.9 Å². The molecule has 0 spiro atoms. The number of carbonyl (C=O) groups is 4. The molecule has 3 heterocycles. The minimum absolute atomic E-state index is 0.0202. The van der Waals surface area contributed by atoms with E-state index in [1.54, 1.807) is 18.2 Å². The number of benzene rings is 1. The molecule has 0 bridgehead atoms. The summed E-state index contributed by atoms with van der Waals surface area (Å²) in [5.41, 5.74) is 2.10. The van der Waals surface area contributed by atoms with Gasteiger partial charge in [0.1, 0.15) is 24.8 Å².